The molecule has 0 fully saturated rings. The Hall–Kier alpha value is -3.38. The molecular weight excluding hydrogens is 415 g/mol. The number of aromatic nitrogens is 4. The average Bonchev–Trinajstić information content (AvgIpc) is 3.12. The average molecular weight is 434 g/mol. The van der Waals surface area contributed by atoms with E-state index >= 15 is 0 Å². The highest BCUT2D eigenvalue weighted by molar-refractivity contribution is 7.89. The number of nitrogens with one attached hydrogen (secondary N) is 1. The number of nitrogens with zero attached hydrogens (tertiary/aromatic N) is 4. The SMILES string of the molecule is COc1ccc(NC(=O)C(Cc2ccc(F)cc2)n2nnnc2C)cc1S(N)(=O)=O. The second-order valence-electron chi connectivity index (χ2n) is 6.42. The number of tetrazole rings is 1. The van der Waals surface area contributed by atoms with Crippen molar-refractivity contribution in [1.82, 2.24) is 20.2 Å². The van der Waals surface area contributed by atoms with E-state index in [1.807, 2.05) is 0 Å². The monoisotopic (exact) mass is 434 g/mol. The number of sulfonamides is 1. The van der Waals surface area contributed by atoms with Gasteiger partial charge in [-0.05, 0) is 53.2 Å². The zero-order valence-corrected chi connectivity index (χ0v) is 16.9. The van der Waals surface area contributed by atoms with Crippen molar-refractivity contribution in [2.75, 3.05) is 12.4 Å². The predicted octanol–water partition coefficient (Wildman–Crippen LogP) is 1.20. The first-order chi connectivity index (χ1) is 14.2. The number of benzene rings is 2. The molecule has 1 heterocycles. The minimum Gasteiger partial charge on any atom is -0.495 e. The topological polar surface area (TPSA) is 142 Å². The number of halogens is 1. The van der Waals surface area contributed by atoms with Gasteiger partial charge >= 0.3 is 0 Å². The van der Waals surface area contributed by atoms with E-state index in [0.29, 0.717) is 11.4 Å². The van der Waals surface area contributed by atoms with Gasteiger partial charge in [0.15, 0.2) is 0 Å². The van der Waals surface area contributed by atoms with Crippen LogP contribution in [0.25, 0.3) is 0 Å². The molecular formula is C18H19FN6O4S. The molecule has 3 rings (SSSR count). The number of carbonyl (C=O) groups is 1. The largest absolute Gasteiger partial charge is 0.495 e. The maximum atomic E-state index is 13.2. The number of anilines is 1. The third-order valence-corrected chi connectivity index (χ3v) is 5.27. The van der Waals surface area contributed by atoms with Crippen LogP contribution in [0.15, 0.2) is 47.4 Å². The van der Waals surface area contributed by atoms with E-state index < -0.39 is 27.8 Å². The molecule has 0 saturated heterocycles. The highest BCUT2D eigenvalue weighted by Gasteiger charge is 2.25. The Labute approximate surface area is 171 Å². The van der Waals surface area contributed by atoms with Gasteiger partial charge in [-0.25, -0.2) is 22.6 Å². The van der Waals surface area contributed by atoms with Gasteiger partial charge in [0.2, 0.25) is 15.9 Å². The Morgan fingerprint density at radius 2 is 1.97 bits per heavy atom. The van der Waals surface area contributed by atoms with Crippen LogP contribution in [-0.4, -0.2) is 41.6 Å². The fourth-order valence-corrected chi connectivity index (χ4v) is 3.59. The Kier molecular flexibility index (Phi) is 6.08. The molecule has 10 nitrogen and oxygen atoms in total. The number of carbonyl (C=O) groups excluding carboxylic acids is 1. The number of primary sulfonamides is 1. The number of hydrogen-bond acceptors (Lipinski definition) is 7. The summed E-state index contributed by atoms with van der Waals surface area (Å²) in [6, 6.07) is 8.89. The number of aryl methyl sites for hydroxylation is 1. The molecule has 1 amide bonds. The van der Waals surface area contributed by atoms with Crippen LogP contribution in [-0.2, 0) is 21.2 Å². The minimum atomic E-state index is -4.08. The Bertz CT molecular complexity index is 1160. The van der Waals surface area contributed by atoms with Crippen molar-refractivity contribution >= 4 is 21.6 Å². The van der Waals surface area contributed by atoms with Gasteiger partial charge in [-0.2, -0.15) is 0 Å². The van der Waals surface area contributed by atoms with E-state index in [2.05, 4.69) is 20.8 Å². The molecule has 3 N–H and O–H groups in total. The van der Waals surface area contributed by atoms with Gasteiger partial charge in [-0.3, -0.25) is 4.79 Å². The highest BCUT2D eigenvalue weighted by atomic mass is 32.2. The fourth-order valence-electron chi connectivity index (χ4n) is 2.86. The quantitative estimate of drug-likeness (QED) is 0.569. The molecule has 1 aromatic heterocycles. The van der Waals surface area contributed by atoms with Gasteiger partial charge in [0.1, 0.15) is 28.3 Å². The molecule has 0 spiro atoms. The Balaban J connectivity index is 1.92. The van der Waals surface area contributed by atoms with E-state index in [4.69, 9.17) is 9.88 Å². The molecule has 2 aromatic carbocycles. The maximum absolute atomic E-state index is 13.2. The summed E-state index contributed by atoms with van der Waals surface area (Å²) in [6.45, 7) is 1.64. The third kappa shape index (κ3) is 4.78. The lowest BCUT2D eigenvalue weighted by molar-refractivity contribution is -0.119. The van der Waals surface area contributed by atoms with Crippen molar-refractivity contribution in [3.8, 4) is 5.75 Å². The van der Waals surface area contributed by atoms with E-state index in [9.17, 15) is 17.6 Å². The Morgan fingerprint density at radius 3 is 2.53 bits per heavy atom. The molecule has 1 atom stereocenters. The van der Waals surface area contributed by atoms with Crippen LogP contribution < -0.4 is 15.2 Å². The van der Waals surface area contributed by atoms with Crippen LogP contribution in [0.4, 0.5) is 10.1 Å². The molecule has 0 aliphatic rings. The zero-order chi connectivity index (χ0) is 21.9. The summed E-state index contributed by atoms with van der Waals surface area (Å²) >= 11 is 0. The third-order valence-electron chi connectivity index (χ3n) is 4.34. The highest BCUT2D eigenvalue weighted by Crippen LogP contribution is 2.27. The number of rotatable bonds is 7. The number of ether oxygens (including phenoxy) is 1. The molecule has 3 aromatic rings. The summed E-state index contributed by atoms with van der Waals surface area (Å²) in [6.07, 6.45) is 0.177. The number of hydrogen-bond donors (Lipinski definition) is 2. The second-order valence-corrected chi connectivity index (χ2v) is 7.95. The number of methoxy groups -OCH3 is 1. The molecule has 0 aliphatic carbocycles. The first kappa shape index (κ1) is 21.3. The van der Waals surface area contributed by atoms with Crippen LogP contribution in [0, 0.1) is 12.7 Å². The summed E-state index contributed by atoms with van der Waals surface area (Å²) in [7, 11) is -2.77. The van der Waals surface area contributed by atoms with Crippen molar-refractivity contribution < 1.29 is 22.3 Å². The second kappa shape index (κ2) is 8.55. The van der Waals surface area contributed by atoms with E-state index in [0.717, 1.165) is 0 Å². The van der Waals surface area contributed by atoms with E-state index in [1.165, 1.54) is 42.1 Å². The lowest BCUT2D eigenvalue weighted by atomic mass is 10.0. The van der Waals surface area contributed by atoms with E-state index in [-0.39, 0.29) is 22.8 Å². The molecule has 0 saturated carbocycles. The molecule has 0 radical (unpaired) electrons. The summed E-state index contributed by atoms with van der Waals surface area (Å²) in [5.41, 5.74) is 0.881. The van der Waals surface area contributed by atoms with Gasteiger partial charge < -0.3 is 10.1 Å². The molecule has 1 unspecified atom stereocenters. The van der Waals surface area contributed by atoms with Crippen molar-refractivity contribution in [3.63, 3.8) is 0 Å². The standard InChI is InChI=1S/C18H19FN6O4S/c1-11-22-23-24-25(11)15(9-12-3-5-13(19)6-4-12)18(26)21-14-7-8-16(29-2)17(10-14)30(20,27)28/h3-8,10,15H,9H2,1-2H3,(H,21,26)(H2,20,27,28). The molecule has 0 bridgehead atoms. The minimum absolute atomic E-state index is 0.0506. The summed E-state index contributed by atoms with van der Waals surface area (Å²) < 4.78 is 43.2. The normalized spacial score (nSPS) is 12.4. The molecule has 12 heteroatoms. The smallest absolute Gasteiger partial charge is 0.249 e. The summed E-state index contributed by atoms with van der Waals surface area (Å²) in [5, 5.41) is 19.1. The zero-order valence-electron chi connectivity index (χ0n) is 16.1. The molecule has 158 valence electrons. The molecule has 0 aliphatic heterocycles. The van der Waals surface area contributed by atoms with Crippen molar-refractivity contribution in [2.24, 2.45) is 5.14 Å². The van der Waals surface area contributed by atoms with Crippen molar-refractivity contribution in [1.29, 1.82) is 0 Å². The fraction of sp³-hybridized carbons (Fsp3) is 0.222. The van der Waals surface area contributed by atoms with Crippen molar-refractivity contribution in [2.45, 2.75) is 24.3 Å². The lowest BCUT2D eigenvalue weighted by Crippen LogP contribution is -2.29. The van der Waals surface area contributed by atoms with Crippen LogP contribution in [0.1, 0.15) is 17.4 Å². The summed E-state index contributed by atoms with van der Waals surface area (Å²) in [4.78, 5) is 12.8. The van der Waals surface area contributed by atoms with Gasteiger partial charge in [0, 0.05) is 12.1 Å². The van der Waals surface area contributed by atoms with Crippen LogP contribution in [0.5, 0.6) is 5.75 Å². The van der Waals surface area contributed by atoms with Gasteiger partial charge in [-0.15, -0.1) is 5.10 Å². The lowest BCUT2D eigenvalue weighted by Gasteiger charge is -2.18. The number of amides is 1. The first-order valence-electron chi connectivity index (χ1n) is 8.69. The van der Waals surface area contributed by atoms with Crippen LogP contribution in [0.2, 0.25) is 0 Å². The van der Waals surface area contributed by atoms with E-state index in [1.54, 1.807) is 19.1 Å². The van der Waals surface area contributed by atoms with Gasteiger partial charge in [0.05, 0.1) is 7.11 Å². The van der Waals surface area contributed by atoms with Gasteiger partial charge in [0.25, 0.3) is 0 Å². The maximum Gasteiger partial charge on any atom is 0.249 e. The predicted molar refractivity (Wildman–Crippen MR) is 105 cm³/mol. The van der Waals surface area contributed by atoms with Crippen LogP contribution in [0.3, 0.4) is 0 Å². The van der Waals surface area contributed by atoms with Gasteiger partial charge in [-0.1, -0.05) is 12.1 Å². The summed E-state index contributed by atoms with van der Waals surface area (Å²) in [5.74, 6) is -0.445. The molecule has 30 heavy (non-hydrogen) atoms. The number of nitrogens with two attached hydrogens (primary N) is 1. The first-order valence-corrected chi connectivity index (χ1v) is 10.2. The van der Waals surface area contributed by atoms with Crippen LogP contribution >= 0.6 is 0 Å². The Morgan fingerprint density at radius 1 is 1.27 bits per heavy atom. The van der Waals surface area contributed by atoms with Crippen molar-refractivity contribution in [3.05, 3.63) is 59.7 Å².